The Hall–Kier alpha value is -1.35. The molecule has 2 rings (SSSR count). The molecule has 0 bridgehead atoms. The van der Waals surface area contributed by atoms with E-state index in [1.807, 2.05) is 31.2 Å². The SMILES string of the molecule is Cc1ccc(NC(=O)CCNC2CCCCC2)cc1. The van der Waals surface area contributed by atoms with Crippen LogP contribution in [0.4, 0.5) is 5.69 Å². The number of carbonyl (C=O) groups is 1. The van der Waals surface area contributed by atoms with Crippen LogP contribution in [0.3, 0.4) is 0 Å². The molecule has 2 N–H and O–H groups in total. The van der Waals surface area contributed by atoms with Gasteiger partial charge in [0.2, 0.25) is 5.91 Å². The van der Waals surface area contributed by atoms with E-state index in [9.17, 15) is 4.79 Å². The zero-order valence-electron chi connectivity index (χ0n) is 11.7. The number of hydrogen-bond acceptors (Lipinski definition) is 2. The van der Waals surface area contributed by atoms with Crippen molar-refractivity contribution in [1.82, 2.24) is 5.32 Å². The maximum Gasteiger partial charge on any atom is 0.225 e. The molecule has 0 aromatic heterocycles. The Morgan fingerprint density at radius 3 is 2.53 bits per heavy atom. The molecule has 0 spiro atoms. The molecule has 1 aromatic rings. The minimum Gasteiger partial charge on any atom is -0.326 e. The maximum absolute atomic E-state index is 11.8. The number of anilines is 1. The van der Waals surface area contributed by atoms with Crippen molar-refractivity contribution in [3.63, 3.8) is 0 Å². The quantitative estimate of drug-likeness (QED) is 0.853. The van der Waals surface area contributed by atoms with Crippen LogP contribution in [-0.4, -0.2) is 18.5 Å². The summed E-state index contributed by atoms with van der Waals surface area (Å²) >= 11 is 0. The molecule has 19 heavy (non-hydrogen) atoms. The van der Waals surface area contributed by atoms with Gasteiger partial charge in [-0.25, -0.2) is 0 Å². The van der Waals surface area contributed by atoms with Gasteiger partial charge in [0.05, 0.1) is 0 Å². The number of carbonyl (C=O) groups excluding carboxylic acids is 1. The third kappa shape index (κ3) is 5.03. The molecule has 1 fully saturated rings. The van der Waals surface area contributed by atoms with Crippen molar-refractivity contribution in [2.45, 2.75) is 51.5 Å². The van der Waals surface area contributed by atoms with Crippen LogP contribution < -0.4 is 10.6 Å². The second-order valence-electron chi connectivity index (χ2n) is 5.45. The van der Waals surface area contributed by atoms with Crippen LogP contribution in [0, 0.1) is 6.92 Å². The molecule has 3 nitrogen and oxygen atoms in total. The first-order valence-corrected chi connectivity index (χ1v) is 7.34. The summed E-state index contributed by atoms with van der Waals surface area (Å²) in [5, 5.41) is 6.41. The van der Waals surface area contributed by atoms with Crippen molar-refractivity contribution in [2.24, 2.45) is 0 Å². The van der Waals surface area contributed by atoms with Crippen LogP contribution in [0.15, 0.2) is 24.3 Å². The summed E-state index contributed by atoms with van der Waals surface area (Å²) in [6, 6.07) is 8.54. The Bertz CT molecular complexity index is 394. The topological polar surface area (TPSA) is 41.1 Å². The predicted molar refractivity (Wildman–Crippen MR) is 79.3 cm³/mol. The van der Waals surface area contributed by atoms with Gasteiger partial charge >= 0.3 is 0 Å². The first-order valence-electron chi connectivity index (χ1n) is 7.34. The molecular formula is C16H24N2O. The highest BCUT2D eigenvalue weighted by Gasteiger charge is 2.12. The molecule has 1 saturated carbocycles. The van der Waals surface area contributed by atoms with E-state index >= 15 is 0 Å². The van der Waals surface area contributed by atoms with Crippen LogP contribution in [0.5, 0.6) is 0 Å². The van der Waals surface area contributed by atoms with E-state index in [0.717, 1.165) is 12.2 Å². The van der Waals surface area contributed by atoms with E-state index in [4.69, 9.17) is 0 Å². The summed E-state index contributed by atoms with van der Waals surface area (Å²) in [7, 11) is 0. The first-order chi connectivity index (χ1) is 9.24. The van der Waals surface area contributed by atoms with Crippen molar-refractivity contribution in [1.29, 1.82) is 0 Å². The highest BCUT2D eigenvalue weighted by molar-refractivity contribution is 5.90. The van der Waals surface area contributed by atoms with Gasteiger partial charge in [-0.3, -0.25) is 4.79 Å². The van der Waals surface area contributed by atoms with Crippen LogP contribution in [-0.2, 0) is 4.79 Å². The fourth-order valence-corrected chi connectivity index (χ4v) is 2.56. The number of aryl methyl sites for hydroxylation is 1. The Kier molecular flexibility index (Phi) is 5.40. The summed E-state index contributed by atoms with van der Waals surface area (Å²) in [6.45, 7) is 2.82. The maximum atomic E-state index is 11.8. The highest BCUT2D eigenvalue weighted by Crippen LogP contribution is 2.17. The number of amides is 1. The first kappa shape index (κ1) is 14.1. The molecule has 1 aliphatic rings. The van der Waals surface area contributed by atoms with Crippen molar-refractivity contribution >= 4 is 11.6 Å². The van der Waals surface area contributed by atoms with Gasteiger partial charge in [-0.2, -0.15) is 0 Å². The smallest absolute Gasteiger partial charge is 0.225 e. The van der Waals surface area contributed by atoms with Crippen LogP contribution in [0.1, 0.15) is 44.1 Å². The summed E-state index contributed by atoms with van der Waals surface area (Å²) in [5.74, 6) is 0.0900. The van der Waals surface area contributed by atoms with Crippen molar-refractivity contribution in [2.75, 3.05) is 11.9 Å². The monoisotopic (exact) mass is 260 g/mol. The Morgan fingerprint density at radius 2 is 1.84 bits per heavy atom. The van der Waals surface area contributed by atoms with Crippen molar-refractivity contribution in [3.8, 4) is 0 Å². The predicted octanol–water partition coefficient (Wildman–Crippen LogP) is 3.25. The molecule has 0 unspecified atom stereocenters. The van der Waals surface area contributed by atoms with Crippen LogP contribution in [0.25, 0.3) is 0 Å². The third-order valence-electron chi connectivity index (χ3n) is 3.73. The molecule has 1 aliphatic carbocycles. The lowest BCUT2D eigenvalue weighted by molar-refractivity contribution is -0.116. The second-order valence-corrected chi connectivity index (χ2v) is 5.45. The molecule has 0 atom stereocenters. The summed E-state index contributed by atoms with van der Waals surface area (Å²) < 4.78 is 0. The number of rotatable bonds is 5. The summed E-state index contributed by atoms with van der Waals surface area (Å²) in [6.07, 6.45) is 7.09. The van der Waals surface area contributed by atoms with E-state index in [2.05, 4.69) is 10.6 Å². The molecule has 0 heterocycles. The lowest BCUT2D eigenvalue weighted by Gasteiger charge is -2.22. The van der Waals surface area contributed by atoms with Gasteiger partial charge < -0.3 is 10.6 Å². The van der Waals surface area contributed by atoms with E-state index in [-0.39, 0.29) is 5.91 Å². The normalized spacial score (nSPS) is 16.3. The molecule has 1 aromatic carbocycles. The zero-order chi connectivity index (χ0) is 13.5. The van der Waals surface area contributed by atoms with E-state index in [1.54, 1.807) is 0 Å². The van der Waals surface area contributed by atoms with Crippen LogP contribution >= 0.6 is 0 Å². The lowest BCUT2D eigenvalue weighted by atomic mass is 9.95. The molecular weight excluding hydrogens is 236 g/mol. The molecule has 0 aliphatic heterocycles. The van der Waals surface area contributed by atoms with E-state index in [1.165, 1.54) is 37.7 Å². The van der Waals surface area contributed by atoms with Gasteiger partial charge in [0.25, 0.3) is 0 Å². The van der Waals surface area contributed by atoms with E-state index < -0.39 is 0 Å². The van der Waals surface area contributed by atoms with Gasteiger partial charge in [0.15, 0.2) is 0 Å². The summed E-state index contributed by atoms with van der Waals surface area (Å²) in [5.41, 5.74) is 2.09. The minimum absolute atomic E-state index is 0.0900. The number of hydrogen-bond donors (Lipinski definition) is 2. The van der Waals surface area contributed by atoms with Gasteiger partial charge in [0, 0.05) is 24.7 Å². The number of benzene rings is 1. The fraction of sp³-hybridized carbons (Fsp3) is 0.562. The molecule has 0 saturated heterocycles. The zero-order valence-corrected chi connectivity index (χ0v) is 11.7. The lowest BCUT2D eigenvalue weighted by Crippen LogP contribution is -2.33. The minimum atomic E-state index is 0.0900. The second kappa shape index (κ2) is 7.29. The average molecular weight is 260 g/mol. The Balaban J connectivity index is 1.65. The van der Waals surface area contributed by atoms with Gasteiger partial charge in [0.1, 0.15) is 0 Å². The highest BCUT2D eigenvalue weighted by atomic mass is 16.1. The molecule has 1 amide bonds. The van der Waals surface area contributed by atoms with Gasteiger partial charge in [-0.05, 0) is 31.9 Å². The fourth-order valence-electron chi connectivity index (χ4n) is 2.56. The molecule has 104 valence electrons. The number of nitrogens with one attached hydrogen (secondary N) is 2. The van der Waals surface area contributed by atoms with Gasteiger partial charge in [-0.15, -0.1) is 0 Å². The van der Waals surface area contributed by atoms with Crippen molar-refractivity contribution < 1.29 is 4.79 Å². The van der Waals surface area contributed by atoms with E-state index in [0.29, 0.717) is 12.5 Å². The van der Waals surface area contributed by atoms with Crippen molar-refractivity contribution in [3.05, 3.63) is 29.8 Å². The van der Waals surface area contributed by atoms with Crippen LogP contribution in [0.2, 0.25) is 0 Å². The largest absolute Gasteiger partial charge is 0.326 e. The van der Waals surface area contributed by atoms with Gasteiger partial charge in [-0.1, -0.05) is 37.0 Å². The Morgan fingerprint density at radius 1 is 1.16 bits per heavy atom. The standard InChI is InChI=1S/C16H24N2O/c1-13-7-9-15(10-8-13)18-16(19)11-12-17-14-5-3-2-4-6-14/h7-10,14,17H,2-6,11-12H2,1H3,(H,18,19). The Labute approximate surface area is 115 Å². The third-order valence-corrected chi connectivity index (χ3v) is 3.73. The average Bonchev–Trinajstić information content (AvgIpc) is 2.43. The summed E-state index contributed by atoms with van der Waals surface area (Å²) in [4.78, 5) is 11.8. The molecule has 3 heteroatoms. The molecule has 0 radical (unpaired) electrons.